The Morgan fingerprint density at radius 3 is 3.00 bits per heavy atom. The molecule has 9 heteroatoms. The molecule has 1 amide bonds. The topological polar surface area (TPSA) is 84.1 Å². The van der Waals surface area contributed by atoms with Crippen molar-refractivity contribution in [3.05, 3.63) is 39.1 Å². The summed E-state index contributed by atoms with van der Waals surface area (Å²) in [6.45, 7) is 5.23. The molecule has 0 saturated heterocycles. The van der Waals surface area contributed by atoms with E-state index in [1.165, 1.54) is 23.1 Å². The van der Waals surface area contributed by atoms with Crippen LogP contribution in [0.4, 0.5) is 0 Å². The molecule has 3 heterocycles. The van der Waals surface area contributed by atoms with E-state index in [2.05, 4.69) is 15.3 Å². The average molecular weight is 438 g/mol. The highest BCUT2D eigenvalue weighted by Gasteiger charge is 2.13. The smallest absolute Gasteiger partial charge is 0.260 e. The molecule has 6 nitrogen and oxygen atoms in total. The highest BCUT2D eigenvalue weighted by atomic mass is 32.2. The van der Waals surface area contributed by atoms with Gasteiger partial charge in [0.25, 0.3) is 5.56 Å². The number of hydrogen-bond donors (Lipinski definition) is 2. The standard InChI is InChI=1S/C19H23N3O3S3/c1-12(2)25-7-4-6-20-16(23)11-26-10-15-21-18(24)17-13(9-28-19(17)22-15)14-5-3-8-27-14/h3,5,8-9,12H,4,6-7,10-11H2,1-2H3,(H,20,23)(H,21,22,24). The second kappa shape index (κ2) is 10.2. The van der Waals surface area contributed by atoms with E-state index in [1.807, 2.05) is 36.7 Å². The van der Waals surface area contributed by atoms with Gasteiger partial charge < -0.3 is 15.0 Å². The Hall–Kier alpha value is -1.68. The molecular weight excluding hydrogens is 414 g/mol. The summed E-state index contributed by atoms with van der Waals surface area (Å²) in [5.74, 6) is 1.40. The predicted molar refractivity (Wildman–Crippen MR) is 118 cm³/mol. The van der Waals surface area contributed by atoms with Gasteiger partial charge in [0, 0.05) is 29.0 Å². The Labute approximate surface area is 175 Å². The monoisotopic (exact) mass is 437 g/mol. The highest BCUT2D eigenvalue weighted by Crippen LogP contribution is 2.33. The quantitative estimate of drug-likeness (QED) is 0.470. The maximum Gasteiger partial charge on any atom is 0.260 e. The molecule has 0 aliphatic heterocycles. The van der Waals surface area contributed by atoms with Gasteiger partial charge in [0.1, 0.15) is 10.7 Å². The summed E-state index contributed by atoms with van der Waals surface area (Å²) in [5, 5.41) is 7.49. The van der Waals surface area contributed by atoms with Crippen LogP contribution in [0.1, 0.15) is 26.1 Å². The summed E-state index contributed by atoms with van der Waals surface area (Å²) in [6.07, 6.45) is 1.01. The fraction of sp³-hybridized carbons (Fsp3) is 0.421. The Bertz CT molecular complexity index is 964. The fourth-order valence-electron chi connectivity index (χ4n) is 2.59. The number of nitrogens with zero attached hydrogens (tertiary/aromatic N) is 1. The van der Waals surface area contributed by atoms with Crippen LogP contribution >= 0.6 is 34.4 Å². The summed E-state index contributed by atoms with van der Waals surface area (Å²) < 4.78 is 5.44. The van der Waals surface area contributed by atoms with Crippen molar-refractivity contribution in [2.75, 3.05) is 18.9 Å². The first-order chi connectivity index (χ1) is 13.5. The van der Waals surface area contributed by atoms with Gasteiger partial charge in [-0.1, -0.05) is 6.07 Å². The molecular formula is C19H23N3O3S3. The van der Waals surface area contributed by atoms with Crippen LogP contribution in [0.25, 0.3) is 20.7 Å². The molecule has 150 valence electrons. The highest BCUT2D eigenvalue weighted by molar-refractivity contribution is 7.99. The Kier molecular flexibility index (Phi) is 7.66. The second-order valence-corrected chi connectivity index (χ2v) is 9.23. The minimum absolute atomic E-state index is 0.0194. The van der Waals surface area contributed by atoms with Crippen LogP contribution in [0, 0.1) is 0 Å². The molecule has 0 aliphatic rings. The lowest BCUT2D eigenvalue weighted by molar-refractivity contribution is -0.118. The van der Waals surface area contributed by atoms with Gasteiger partial charge in [0.2, 0.25) is 5.91 Å². The Morgan fingerprint density at radius 2 is 2.25 bits per heavy atom. The van der Waals surface area contributed by atoms with E-state index in [0.717, 1.165) is 21.7 Å². The maximum absolute atomic E-state index is 12.5. The van der Waals surface area contributed by atoms with E-state index in [-0.39, 0.29) is 17.6 Å². The molecule has 2 N–H and O–H groups in total. The predicted octanol–water partition coefficient (Wildman–Crippen LogP) is 3.88. The zero-order chi connectivity index (χ0) is 19.9. The third kappa shape index (κ3) is 5.66. The van der Waals surface area contributed by atoms with Crippen LogP contribution in [0.2, 0.25) is 0 Å². The number of carbonyl (C=O) groups is 1. The SMILES string of the molecule is CC(C)OCCCNC(=O)CSCc1nc2scc(-c3cccs3)c2c(=O)[nH]1. The zero-order valence-electron chi connectivity index (χ0n) is 15.8. The van der Waals surface area contributed by atoms with Crippen LogP contribution in [0.3, 0.4) is 0 Å². The van der Waals surface area contributed by atoms with Crippen molar-refractivity contribution in [2.24, 2.45) is 0 Å². The molecule has 0 aromatic carbocycles. The fourth-order valence-corrected chi connectivity index (χ4v) is 5.09. The zero-order valence-corrected chi connectivity index (χ0v) is 18.3. The van der Waals surface area contributed by atoms with Crippen LogP contribution in [-0.2, 0) is 15.3 Å². The number of hydrogen-bond acceptors (Lipinski definition) is 7. The summed E-state index contributed by atoms with van der Waals surface area (Å²) in [4.78, 5) is 33.6. The molecule has 3 rings (SSSR count). The third-order valence-corrected chi connectivity index (χ3v) is 6.57. The van der Waals surface area contributed by atoms with E-state index in [4.69, 9.17) is 4.74 Å². The van der Waals surface area contributed by atoms with Crippen LogP contribution in [0.5, 0.6) is 0 Å². The molecule has 0 saturated carbocycles. The molecule has 0 atom stereocenters. The number of amides is 1. The van der Waals surface area contributed by atoms with Crippen LogP contribution < -0.4 is 10.9 Å². The Morgan fingerprint density at radius 1 is 1.39 bits per heavy atom. The lowest BCUT2D eigenvalue weighted by Crippen LogP contribution is -2.27. The third-order valence-electron chi connectivity index (χ3n) is 3.85. The number of nitrogens with one attached hydrogen (secondary N) is 2. The molecule has 0 bridgehead atoms. The van der Waals surface area contributed by atoms with Crippen molar-refractivity contribution in [2.45, 2.75) is 32.1 Å². The van der Waals surface area contributed by atoms with Crippen molar-refractivity contribution in [3.63, 3.8) is 0 Å². The number of ether oxygens (including phenoxy) is 1. The van der Waals surface area contributed by atoms with Gasteiger partial charge in [-0.15, -0.1) is 34.4 Å². The number of rotatable bonds is 10. The second-order valence-electron chi connectivity index (χ2n) is 6.44. The van der Waals surface area contributed by atoms with Crippen LogP contribution in [-0.4, -0.2) is 40.9 Å². The lowest BCUT2D eigenvalue weighted by Gasteiger charge is -2.08. The minimum atomic E-state index is -0.125. The largest absolute Gasteiger partial charge is 0.379 e. The maximum atomic E-state index is 12.5. The number of H-pyrrole nitrogens is 1. The first-order valence-electron chi connectivity index (χ1n) is 9.05. The first kappa shape index (κ1) is 21.0. The number of thiophene rings is 2. The minimum Gasteiger partial charge on any atom is -0.379 e. The first-order valence-corrected chi connectivity index (χ1v) is 12.0. The molecule has 0 aliphatic carbocycles. The van der Waals surface area contributed by atoms with E-state index >= 15 is 0 Å². The van der Waals surface area contributed by atoms with Gasteiger partial charge in [0.15, 0.2) is 0 Å². The lowest BCUT2D eigenvalue weighted by atomic mass is 10.2. The molecule has 0 fully saturated rings. The van der Waals surface area contributed by atoms with Crippen molar-refractivity contribution in [3.8, 4) is 10.4 Å². The van der Waals surface area contributed by atoms with Crippen molar-refractivity contribution >= 4 is 50.6 Å². The normalized spacial score (nSPS) is 11.4. The van der Waals surface area contributed by atoms with E-state index in [1.54, 1.807) is 11.3 Å². The molecule has 28 heavy (non-hydrogen) atoms. The molecule has 0 radical (unpaired) electrons. The summed E-state index contributed by atoms with van der Waals surface area (Å²) >= 11 is 4.51. The summed E-state index contributed by atoms with van der Waals surface area (Å²) in [6, 6.07) is 3.97. The average Bonchev–Trinajstić information content (AvgIpc) is 3.30. The van der Waals surface area contributed by atoms with E-state index in [9.17, 15) is 9.59 Å². The summed E-state index contributed by atoms with van der Waals surface area (Å²) in [7, 11) is 0. The van der Waals surface area contributed by atoms with Gasteiger partial charge in [0.05, 0.1) is 23.0 Å². The van der Waals surface area contributed by atoms with Crippen molar-refractivity contribution in [1.82, 2.24) is 15.3 Å². The molecule has 0 spiro atoms. The van der Waals surface area contributed by atoms with Crippen LogP contribution in [0.15, 0.2) is 27.7 Å². The number of fused-ring (bicyclic) bond motifs is 1. The van der Waals surface area contributed by atoms with Crippen molar-refractivity contribution in [1.29, 1.82) is 0 Å². The number of aromatic nitrogens is 2. The van der Waals surface area contributed by atoms with Gasteiger partial charge >= 0.3 is 0 Å². The number of thioether (sulfide) groups is 1. The number of carbonyl (C=O) groups excluding carboxylic acids is 1. The van der Waals surface area contributed by atoms with E-state index in [0.29, 0.717) is 35.9 Å². The number of aromatic amines is 1. The van der Waals surface area contributed by atoms with E-state index < -0.39 is 0 Å². The molecule has 0 unspecified atom stereocenters. The van der Waals surface area contributed by atoms with Gasteiger partial charge in [-0.25, -0.2) is 4.98 Å². The van der Waals surface area contributed by atoms with Crippen molar-refractivity contribution < 1.29 is 9.53 Å². The molecule has 3 aromatic heterocycles. The summed E-state index contributed by atoms with van der Waals surface area (Å²) in [5.41, 5.74) is 0.809. The Balaban J connectivity index is 1.50. The van der Waals surface area contributed by atoms with Gasteiger partial charge in [-0.05, 0) is 31.7 Å². The van der Waals surface area contributed by atoms with Gasteiger partial charge in [-0.2, -0.15) is 0 Å². The molecule has 3 aromatic rings. The van der Waals surface area contributed by atoms with Gasteiger partial charge in [-0.3, -0.25) is 9.59 Å².